The Balaban J connectivity index is 1.47. The number of anilines is 1. The van der Waals surface area contributed by atoms with E-state index < -0.39 is 36.5 Å². The van der Waals surface area contributed by atoms with E-state index in [-0.39, 0.29) is 31.5 Å². The number of hydrogen-bond donors (Lipinski definition) is 0. The van der Waals surface area contributed by atoms with Crippen molar-refractivity contribution >= 4 is 23.6 Å². The fourth-order valence-electron chi connectivity index (χ4n) is 4.48. The second-order valence-corrected chi connectivity index (χ2v) is 9.47. The van der Waals surface area contributed by atoms with Gasteiger partial charge in [-0.05, 0) is 30.7 Å². The molecule has 2 fully saturated rings. The molecular weight excluding hydrogens is 546 g/mol. The first-order valence-corrected chi connectivity index (χ1v) is 12.2. The number of carbonyl (C=O) groups is 1. The molecule has 2 aliphatic heterocycles. The lowest BCUT2D eigenvalue weighted by Gasteiger charge is -2.34. The molecule has 1 aromatic carbocycles. The van der Waals surface area contributed by atoms with Crippen LogP contribution in [0.25, 0.3) is 11.1 Å². The van der Waals surface area contributed by atoms with Crippen LogP contribution in [0.15, 0.2) is 42.7 Å². The molecule has 2 aliphatic rings. The minimum absolute atomic E-state index is 0.0529. The number of nitrogens with zero attached hydrogens (tertiary/aromatic N) is 5. The average molecular weight is 568 g/mol. The molecule has 2 atom stereocenters. The van der Waals surface area contributed by atoms with Gasteiger partial charge in [-0.3, -0.25) is 4.90 Å². The Bertz CT molecular complexity index is 1390. The monoisotopic (exact) mass is 567 g/mol. The summed E-state index contributed by atoms with van der Waals surface area (Å²) in [5, 5.41) is 0.332. The molecule has 0 bridgehead atoms. The SMILES string of the molecule is COc1ncc(Cl)cc1-c1cnc(N2CC(F)C2)nc1CN1C(=O)O[C@H](c2cccc(OC(F)(F)F)c2)[C@@H]1C. The quantitative estimate of drug-likeness (QED) is 0.354. The summed E-state index contributed by atoms with van der Waals surface area (Å²) in [5.74, 6) is 0.109. The molecule has 0 radical (unpaired) electrons. The van der Waals surface area contributed by atoms with E-state index in [2.05, 4.69) is 19.7 Å². The summed E-state index contributed by atoms with van der Waals surface area (Å²) in [6.45, 7) is 1.94. The maximum absolute atomic E-state index is 13.5. The lowest BCUT2D eigenvalue weighted by atomic mass is 10.0. The summed E-state index contributed by atoms with van der Waals surface area (Å²) < 4.78 is 66.6. The molecule has 1 amide bonds. The topological polar surface area (TPSA) is 89.9 Å². The maximum atomic E-state index is 13.5. The van der Waals surface area contributed by atoms with E-state index in [1.54, 1.807) is 24.0 Å². The Morgan fingerprint density at radius 3 is 2.62 bits per heavy atom. The van der Waals surface area contributed by atoms with E-state index in [4.69, 9.17) is 21.1 Å². The van der Waals surface area contributed by atoms with Gasteiger partial charge in [-0.25, -0.2) is 24.1 Å². The summed E-state index contributed by atoms with van der Waals surface area (Å²) in [4.78, 5) is 29.2. The molecule has 0 unspecified atom stereocenters. The van der Waals surface area contributed by atoms with Crippen LogP contribution in [0.1, 0.15) is 24.3 Å². The van der Waals surface area contributed by atoms with Crippen LogP contribution < -0.4 is 14.4 Å². The molecule has 9 nitrogen and oxygen atoms in total. The van der Waals surface area contributed by atoms with Gasteiger partial charge in [0.15, 0.2) is 0 Å². The van der Waals surface area contributed by atoms with Crippen molar-refractivity contribution in [3.05, 3.63) is 59.0 Å². The van der Waals surface area contributed by atoms with Crippen molar-refractivity contribution in [1.82, 2.24) is 19.9 Å². The zero-order valence-corrected chi connectivity index (χ0v) is 21.4. The van der Waals surface area contributed by atoms with Gasteiger partial charge < -0.3 is 19.1 Å². The van der Waals surface area contributed by atoms with Crippen molar-refractivity contribution in [2.24, 2.45) is 0 Å². The summed E-state index contributed by atoms with van der Waals surface area (Å²) in [7, 11) is 1.44. The number of halogens is 5. The smallest absolute Gasteiger partial charge is 0.481 e. The zero-order valence-electron chi connectivity index (χ0n) is 20.7. The van der Waals surface area contributed by atoms with Crippen LogP contribution in [0.3, 0.4) is 0 Å². The predicted molar refractivity (Wildman–Crippen MR) is 131 cm³/mol. The van der Waals surface area contributed by atoms with Gasteiger partial charge in [-0.15, -0.1) is 13.2 Å². The van der Waals surface area contributed by atoms with E-state index in [1.165, 1.54) is 36.5 Å². The van der Waals surface area contributed by atoms with Crippen LogP contribution in [-0.2, 0) is 11.3 Å². The highest BCUT2D eigenvalue weighted by atomic mass is 35.5. The number of alkyl halides is 4. The zero-order chi connectivity index (χ0) is 27.9. The highest BCUT2D eigenvalue weighted by molar-refractivity contribution is 6.30. The average Bonchev–Trinajstić information content (AvgIpc) is 3.14. The number of methoxy groups -OCH3 is 1. The molecule has 0 N–H and O–H groups in total. The van der Waals surface area contributed by atoms with Gasteiger partial charge in [0.25, 0.3) is 0 Å². The summed E-state index contributed by atoms with van der Waals surface area (Å²) in [6.07, 6.45) is -4.46. The molecule has 0 saturated carbocycles. The summed E-state index contributed by atoms with van der Waals surface area (Å²) in [5.41, 5.74) is 1.68. The van der Waals surface area contributed by atoms with Gasteiger partial charge in [0.05, 0.1) is 43.5 Å². The third-order valence-corrected chi connectivity index (χ3v) is 6.62. The molecule has 2 aromatic heterocycles. The molecule has 39 heavy (non-hydrogen) atoms. The Hall–Kier alpha value is -3.87. The highest BCUT2D eigenvalue weighted by Gasteiger charge is 2.41. The van der Waals surface area contributed by atoms with E-state index in [0.29, 0.717) is 27.4 Å². The van der Waals surface area contributed by atoms with Crippen molar-refractivity contribution in [1.29, 1.82) is 0 Å². The lowest BCUT2D eigenvalue weighted by Crippen LogP contribution is -2.49. The van der Waals surface area contributed by atoms with Crippen molar-refractivity contribution in [2.45, 2.75) is 38.1 Å². The van der Waals surface area contributed by atoms with Crippen LogP contribution in [-0.4, -0.2) is 64.7 Å². The number of pyridine rings is 1. The minimum atomic E-state index is -4.86. The largest absolute Gasteiger partial charge is 0.573 e. The number of hydrogen-bond acceptors (Lipinski definition) is 8. The van der Waals surface area contributed by atoms with Gasteiger partial charge in [0, 0.05) is 23.5 Å². The first-order valence-electron chi connectivity index (χ1n) is 11.8. The third-order valence-electron chi connectivity index (χ3n) is 6.41. The first kappa shape index (κ1) is 26.7. The minimum Gasteiger partial charge on any atom is -0.481 e. The van der Waals surface area contributed by atoms with Crippen molar-refractivity contribution in [3.63, 3.8) is 0 Å². The number of carbonyl (C=O) groups excluding carboxylic acids is 1. The number of cyclic esters (lactones) is 1. The van der Waals surface area contributed by atoms with Crippen LogP contribution in [0.4, 0.5) is 28.3 Å². The normalized spacial score (nSPS) is 19.6. The molecule has 4 heterocycles. The molecular formula is C25H22ClF4N5O4. The summed E-state index contributed by atoms with van der Waals surface area (Å²) in [6, 6.07) is 6.31. The summed E-state index contributed by atoms with van der Waals surface area (Å²) >= 11 is 6.19. The van der Waals surface area contributed by atoms with Gasteiger partial charge in [-0.2, -0.15) is 0 Å². The Morgan fingerprint density at radius 2 is 1.92 bits per heavy atom. The molecule has 5 rings (SSSR count). The second kappa shape index (κ2) is 10.4. The Labute approximate surface area is 225 Å². The molecule has 2 saturated heterocycles. The molecule has 14 heteroatoms. The molecule has 0 aliphatic carbocycles. The fourth-order valence-corrected chi connectivity index (χ4v) is 4.64. The Kier molecular flexibility index (Phi) is 7.10. The van der Waals surface area contributed by atoms with E-state index in [9.17, 15) is 22.4 Å². The highest BCUT2D eigenvalue weighted by Crippen LogP contribution is 2.38. The van der Waals surface area contributed by atoms with Crippen LogP contribution in [0, 0.1) is 0 Å². The van der Waals surface area contributed by atoms with Crippen molar-refractivity contribution in [2.75, 3.05) is 25.1 Å². The van der Waals surface area contributed by atoms with Crippen LogP contribution in [0.5, 0.6) is 11.6 Å². The number of benzene rings is 1. The lowest BCUT2D eigenvalue weighted by molar-refractivity contribution is -0.274. The number of aromatic nitrogens is 3. The van der Waals surface area contributed by atoms with Gasteiger partial charge in [0.1, 0.15) is 18.0 Å². The van der Waals surface area contributed by atoms with Crippen molar-refractivity contribution in [3.8, 4) is 22.8 Å². The number of rotatable bonds is 7. The van der Waals surface area contributed by atoms with E-state index in [1.807, 2.05) is 0 Å². The van der Waals surface area contributed by atoms with Gasteiger partial charge >= 0.3 is 12.5 Å². The first-order chi connectivity index (χ1) is 18.5. The van der Waals surface area contributed by atoms with Gasteiger partial charge in [-0.1, -0.05) is 23.7 Å². The Morgan fingerprint density at radius 1 is 1.15 bits per heavy atom. The fraction of sp³-hybridized carbons (Fsp3) is 0.360. The molecule has 3 aromatic rings. The molecule has 0 spiro atoms. The maximum Gasteiger partial charge on any atom is 0.573 e. The predicted octanol–water partition coefficient (Wildman–Crippen LogP) is 5.34. The van der Waals surface area contributed by atoms with E-state index in [0.717, 1.165) is 6.07 Å². The standard InChI is InChI=1S/C25H22ClF4N5O4/c1-13-21(14-4-3-5-17(6-14)39-25(28,29)30)38-24(36)35(13)12-20-19(18-7-15(26)8-31-22(18)37-2)9-32-23(33-20)34-10-16(27)11-34/h3-9,13,16,21H,10-12H2,1-2H3/t13-,21-/m0/s1. The van der Waals surface area contributed by atoms with Gasteiger partial charge in [0.2, 0.25) is 11.8 Å². The second-order valence-electron chi connectivity index (χ2n) is 9.04. The number of amides is 1. The third kappa shape index (κ3) is 5.63. The molecule has 206 valence electrons. The number of ether oxygens (including phenoxy) is 3. The van der Waals surface area contributed by atoms with E-state index >= 15 is 0 Å². The van der Waals surface area contributed by atoms with Crippen molar-refractivity contribution < 1.29 is 36.6 Å². The van der Waals surface area contributed by atoms with Crippen LogP contribution >= 0.6 is 11.6 Å². The van der Waals surface area contributed by atoms with Crippen LogP contribution in [0.2, 0.25) is 5.02 Å².